The van der Waals surface area contributed by atoms with Crippen molar-refractivity contribution in [1.29, 1.82) is 0 Å². The minimum Gasteiger partial charge on any atom is -0.464 e. The van der Waals surface area contributed by atoms with Crippen molar-refractivity contribution in [2.75, 3.05) is 18.6 Å². The highest BCUT2D eigenvalue weighted by molar-refractivity contribution is 8.01. The first kappa shape index (κ1) is 23.5. The number of Topliss-reactive ketones (excluding diaryl/α,β-unsaturated/α-hetero) is 1. The Balaban J connectivity index is 2.27. The van der Waals surface area contributed by atoms with Crippen LogP contribution < -0.4 is 0 Å². The maximum atomic E-state index is 12.1. The maximum Gasteiger partial charge on any atom is 0.377 e. The van der Waals surface area contributed by atoms with Gasteiger partial charge in [-0.2, -0.15) is 0 Å². The van der Waals surface area contributed by atoms with Gasteiger partial charge in [0, 0.05) is 6.42 Å². The predicted octanol–water partition coefficient (Wildman–Crippen LogP) is 3.53. The monoisotopic (exact) mass is 404 g/mol. The van der Waals surface area contributed by atoms with Crippen molar-refractivity contribution >= 4 is 35.3 Å². The molecule has 0 radical (unpaired) electrons. The van der Waals surface area contributed by atoms with E-state index < -0.39 is 11.1 Å². The first-order valence-corrected chi connectivity index (χ1v) is 11.4. The molecule has 0 bridgehead atoms. The van der Waals surface area contributed by atoms with E-state index in [-0.39, 0.29) is 5.25 Å². The highest BCUT2D eigenvalue weighted by atomic mass is 32.2. The van der Waals surface area contributed by atoms with Crippen LogP contribution in [0.2, 0.25) is 0 Å². The standard InChI is InChI=1S/C19H32O5S2/c1-3-4-5-6-7-8-10-15-11-12-16(20)17(15)25-13-9-14-26-19(22,23)18(21)24-2/h8,10,15,17,22-23H,3-7,9,11-14H2,1-2H3/b10-8+/t15-,17+/m0/s1. The zero-order valence-electron chi connectivity index (χ0n) is 15.8. The molecule has 7 heteroatoms. The van der Waals surface area contributed by atoms with Gasteiger partial charge in [-0.3, -0.25) is 4.79 Å². The van der Waals surface area contributed by atoms with Crippen LogP contribution in [0.4, 0.5) is 0 Å². The van der Waals surface area contributed by atoms with Gasteiger partial charge < -0.3 is 14.9 Å². The maximum absolute atomic E-state index is 12.1. The number of ketones is 1. The van der Waals surface area contributed by atoms with E-state index in [2.05, 4.69) is 23.8 Å². The van der Waals surface area contributed by atoms with Gasteiger partial charge >= 0.3 is 11.1 Å². The Kier molecular flexibility index (Phi) is 11.6. The highest BCUT2D eigenvalue weighted by Gasteiger charge is 2.35. The van der Waals surface area contributed by atoms with Gasteiger partial charge in [-0.1, -0.05) is 50.1 Å². The summed E-state index contributed by atoms with van der Waals surface area (Å²) in [6.07, 6.45) is 12.8. The SMILES string of the molecule is CCCCCC/C=C/[C@H]1CCC(=O)[C@@H]1SCCCSC(O)(O)C(=O)OC. The lowest BCUT2D eigenvalue weighted by Crippen LogP contribution is -2.36. The number of unbranched alkanes of at least 4 members (excludes halogenated alkanes) is 4. The Morgan fingerprint density at radius 3 is 2.73 bits per heavy atom. The number of thioether (sulfide) groups is 2. The van der Waals surface area contributed by atoms with Crippen LogP contribution in [-0.2, 0) is 14.3 Å². The lowest BCUT2D eigenvalue weighted by atomic mass is 10.1. The van der Waals surface area contributed by atoms with Crippen molar-refractivity contribution in [2.24, 2.45) is 5.92 Å². The minimum atomic E-state index is -2.49. The number of carbonyl (C=O) groups is 2. The van der Waals surface area contributed by atoms with Crippen LogP contribution in [0, 0.1) is 5.92 Å². The summed E-state index contributed by atoms with van der Waals surface area (Å²) in [5.74, 6) is 0.730. The Morgan fingerprint density at radius 1 is 1.27 bits per heavy atom. The number of methoxy groups -OCH3 is 1. The van der Waals surface area contributed by atoms with Crippen molar-refractivity contribution in [3.63, 3.8) is 0 Å². The van der Waals surface area contributed by atoms with Crippen LogP contribution in [0.3, 0.4) is 0 Å². The van der Waals surface area contributed by atoms with E-state index in [9.17, 15) is 19.8 Å². The Bertz CT molecular complexity index is 465. The molecule has 5 nitrogen and oxygen atoms in total. The second kappa shape index (κ2) is 12.8. The summed E-state index contributed by atoms with van der Waals surface area (Å²) in [4.78, 5) is 23.3. The highest BCUT2D eigenvalue weighted by Crippen LogP contribution is 2.34. The molecule has 150 valence electrons. The third kappa shape index (κ3) is 8.46. The second-order valence-corrected chi connectivity index (χ2v) is 9.06. The predicted molar refractivity (Wildman–Crippen MR) is 108 cm³/mol. The molecule has 0 spiro atoms. The van der Waals surface area contributed by atoms with Crippen LogP contribution in [-0.4, -0.2) is 51.0 Å². The van der Waals surface area contributed by atoms with Crippen LogP contribution >= 0.6 is 23.5 Å². The Hall–Kier alpha value is -0.500. The topological polar surface area (TPSA) is 83.8 Å². The van der Waals surface area contributed by atoms with E-state index >= 15 is 0 Å². The summed E-state index contributed by atoms with van der Waals surface area (Å²) < 4.78 is 4.33. The van der Waals surface area contributed by atoms with Crippen molar-refractivity contribution in [3.05, 3.63) is 12.2 Å². The van der Waals surface area contributed by atoms with E-state index in [0.717, 1.165) is 37.5 Å². The molecule has 1 saturated carbocycles. The van der Waals surface area contributed by atoms with Crippen molar-refractivity contribution in [3.8, 4) is 0 Å². The molecule has 2 atom stereocenters. The molecular formula is C19H32O5S2. The summed E-state index contributed by atoms with van der Waals surface area (Å²) in [6.45, 7) is 2.21. The average molecular weight is 405 g/mol. The number of esters is 1. The van der Waals surface area contributed by atoms with Gasteiger partial charge in [0.2, 0.25) is 0 Å². The number of rotatable bonds is 13. The summed E-state index contributed by atoms with van der Waals surface area (Å²) >= 11 is 2.39. The summed E-state index contributed by atoms with van der Waals surface area (Å²) in [5.41, 5.74) is 0. The number of allylic oxidation sites excluding steroid dienone is 2. The third-order valence-corrected chi connectivity index (χ3v) is 6.94. The lowest BCUT2D eigenvalue weighted by molar-refractivity contribution is -0.178. The fourth-order valence-electron chi connectivity index (χ4n) is 2.89. The molecule has 0 aromatic rings. The quantitative estimate of drug-likeness (QED) is 0.210. The fraction of sp³-hybridized carbons (Fsp3) is 0.789. The van der Waals surface area contributed by atoms with Crippen LogP contribution in [0.15, 0.2) is 12.2 Å². The largest absolute Gasteiger partial charge is 0.464 e. The molecule has 26 heavy (non-hydrogen) atoms. The van der Waals surface area contributed by atoms with Gasteiger partial charge in [0.15, 0.2) is 0 Å². The number of carbonyl (C=O) groups excluding carboxylic acids is 2. The molecule has 0 aromatic heterocycles. The first-order chi connectivity index (χ1) is 12.4. The molecule has 1 aliphatic carbocycles. The van der Waals surface area contributed by atoms with Crippen molar-refractivity contribution in [1.82, 2.24) is 0 Å². The average Bonchev–Trinajstić information content (AvgIpc) is 2.97. The van der Waals surface area contributed by atoms with E-state index in [1.54, 1.807) is 11.8 Å². The van der Waals surface area contributed by atoms with E-state index in [1.165, 1.54) is 25.7 Å². The summed E-state index contributed by atoms with van der Waals surface area (Å²) in [5, 5.41) is 16.6. The van der Waals surface area contributed by atoms with Gasteiger partial charge in [0.1, 0.15) is 5.78 Å². The molecule has 0 aromatic carbocycles. The fourth-order valence-corrected chi connectivity index (χ4v) is 5.19. The number of aliphatic hydroxyl groups is 2. The molecule has 1 rings (SSSR count). The molecule has 1 fully saturated rings. The van der Waals surface area contributed by atoms with Crippen LogP contribution in [0.1, 0.15) is 58.3 Å². The summed E-state index contributed by atoms with van der Waals surface area (Å²) in [6, 6.07) is 0. The van der Waals surface area contributed by atoms with Gasteiger partial charge in [0.25, 0.3) is 0 Å². The van der Waals surface area contributed by atoms with Crippen LogP contribution in [0.5, 0.6) is 0 Å². The molecule has 0 aliphatic heterocycles. The molecule has 0 amide bonds. The number of ether oxygens (including phenoxy) is 1. The van der Waals surface area contributed by atoms with E-state index in [0.29, 0.717) is 30.3 Å². The Labute approximate surface area is 165 Å². The molecule has 0 saturated heterocycles. The van der Waals surface area contributed by atoms with Gasteiger partial charge in [-0.05, 0) is 43.1 Å². The number of hydrogen-bond donors (Lipinski definition) is 2. The zero-order valence-corrected chi connectivity index (χ0v) is 17.4. The number of hydrogen-bond acceptors (Lipinski definition) is 7. The first-order valence-electron chi connectivity index (χ1n) is 9.40. The molecule has 2 N–H and O–H groups in total. The summed E-state index contributed by atoms with van der Waals surface area (Å²) in [7, 11) is 1.11. The van der Waals surface area contributed by atoms with E-state index in [1.807, 2.05) is 0 Å². The van der Waals surface area contributed by atoms with Crippen molar-refractivity contribution < 1.29 is 24.5 Å². The normalized spacial score (nSPS) is 20.8. The minimum absolute atomic E-state index is 0.0144. The van der Waals surface area contributed by atoms with Gasteiger partial charge in [-0.15, -0.1) is 11.8 Å². The van der Waals surface area contributed by atoms with Gasteiger partial charge in [-0.25, -0.2) is 4.79 Å². The van der Waals surface area contributed by atoms with E-state index in [4.69, 9.17) is 0 Å². The van der Waals surface area contributed by atoms with Crippen LogP contribution in [0.25, 0.3) is 0 Å². The molecular weight excluding hydrogens is 372 g/mol. The molecule has 1 aliphatic rings. The smallest absolute Gasteiger partial charge is 0.377 e. The molecule has 0 heterocycles. The second-order valence-electron chi connectivity index (χ2n) is 6.54. The van der Waals surface area contributed by atoms with Crippen molar-refractivity contribution in [2.45, 2.75) is 68.7 Å². The Morgan fingerprint density at radius 2 is 2.04 bits per heavy atom. The third-order valence-electron chi connectivity index (χ3n) is 4.38. The molecule has 0 unspecified atom stereocenters. The van der Waals surface area contributed by atoms with Gasteiger partial charge in [0.05, 0.1) is 12.4 Å². The zero-order chi connectivity index (χ0) is 19.4. The lowest BCUT2D eigenvalue weighted by Gasteiger charge is -2.18.